The highest BCUT2D eigenvalue weighted by Crippen LogP contribution is 2.25. The molecular weight excluding hydrogens is 262 g/mol. The van der Waals surface area contributed by atoms with Crippen LogP contribution in [0.5, 0.6) is 0 Å². The van der Waals surface area contributed by atoms with Gasteiger partial charge in [-0.2, -0.15) is 0 Å². The minimum absolute atomic E-state index is 0.163. The predicted octanol–water partition coefficient (Wildman–Crippen LogP) is 1.16. The summed E-state index contributed by atoms with van der Waals surface area (Å²) in [5.74, 6) is 8.13. The molecule has 1 heterocycles. The fraction of sp³-hybridized carbons (Fsp3) is 0.667. The average Bonchev–Trinajstić information content (AvgIpc) is 2.29. The van der Waals surface area contributed by atoms with Crippen LogP contribution in [0.15, 0.2) is 0 Å². The first-order valence-electron chi connectivity index (χ1n) is 6.15. The number of nitrogens with zero attached hydrogens (tertiary/aromatic N) is 2. The average molecular weight is 285 g/mol. The minimum Gasteiger partial charge on any atom is -0.369 e. The number of nitrogen functional groups attached to an aromatic ring is 1. The Morgan fingerprint density at radius 1 is 1.26 bits per heavy atom. The molecule has 1 aromatic rings. The smallest absolute Gasteiger partial charge is 0.148 e. The molecule has 6 nitrogen and oxygen atoms in total. The first kappa shape index (κ1) is 15.8. The molecule has 0 aliphatic carbocycles. The molecule has 4 N–H and O–H groups in total. The van der Waals surface area contributed by atoms with Gasteiger partial charge in [-0.05, 0) is 6.92 Å². The second kappa shape index (κ2) is 6.29. The van der Waals surface area contributed by atoms with Gasteiger partial charge in [0.25, 0.3) is 0 Å². The summed E-state index contributed by atoms with van der Waals surface area (Å²) in [6.45, 7) is 8.63. The second-order valence-corrected chi connectivity index (χ2v) is 7.02. The molecule has 0 saturated heterocycles. The number of anilines is 2. The van der Waals surface area contributed by atoms with Crippen LogP contribution in [0.3, 0.4) is 0 Å². The fourth-order valence-corrected chi connectivity index (χ4v) is 1.87. The Labute approximate surface area is 117 Å². The Morgan fingerprint density at radius 2 is 1.84 bits per heavy atom. The zero-order valence-electron chi connectivity index (χ0n) is 12.2. The zero-order valence-corrected chi connectivity index (χ0v) is 13.0. The highest BCUT2D eigenvalue weighted by atomic mass is 32.2. The van der Waals surface area contributed by atoms with Crippen molar-refractivity contribution in [2.75, 3.05) is 29.3 Å². The van der Waals surface area contributed by atoms with Gasteiger partial charge in [-0.15, -0.1) is 0 Å². The van der Waals surface area contributed by atoms with Crippen LogP contribution in [0.25, 0.3) is 0 Å². The van der Waals surface area contributed by atoms with Gasteiger partial charge in [0.15, 0.2) is 0 Å². The maximum absolute atomic E-state index is 11.1. The van der Waals surface area contributed by atoms with E-state index in [1.54, 1.807) is 6.26 Å². The molecule has 1 aromatic heterocycles. The van der Waals surface area contributed by atoms with Crippen molar-refractivity contribution in [3.8, 4) is 0 Å². The van der Waals surface area contributed by atoms with E-state index in [1.807, 2.05) is 27.7 Å². The van der Waals surface area contributed by atoms with Crippen molar-refractivity contribution in [1.82, 2.24) is 9.97 Å². The number of hydrazine groups is 1. The molecule has 0 radical (unpaired) electrons. The molecule has 1 rings (SSSR count). The minimum atomic E-state index is -0.822. The molecule has 19 heavy (non-hydrogen) atoms. The summed E-state index contributed by atoms with van der Waals surface area (Å²) < 4.78 is 11.1. The molecule has 108 valence electrons. The van der Waals surface area contributed by atoms with E-state index in [0.29, 0.717) is 23.9 Å². The Balaban J connectivity index is 3.04. The number of hydrogen-bond acceptors (Lipinski definition) is 6. The van der Waals surface area contributed by atoms with Crippen LogP contribution in [-0.4, -0.2) is 32.7 Å². The quantitative estimate of drug-likeness (QED) is 0.555. The number of nitrogens with one attached hydrogen (secondary N) is 2. The number of rotatable bonds is 5. The van der Waals surface area contributed by atoms with Gasteiger partial charge in [-0.25, -0.2) is 15.8 Å². The zero-order chi connectivity index (χ0) is 14.6. The topological polar surface area (TPSA) is 92.9 Å². The highest BCUT2D eigenvalue weighted by molar-refractivity contribution is 7.84. The van der Waals surface area contributed by atoms with Crippen LogP contribution in [0, 0.1) is 6.92 Å². The summed E-state index contributed by atoms with van der Waals surface area (Å²) in [4.78, 5) is 8.95. The molecule has 0 spiro atoms. The predicted molar refractivity (Wildman–Crippen MR) is 80.7 cm³/mol. The van der Waals surface area contributed by atoms with Gasteiger partial charge in [-0.1, -0.05) is 20.8 Å². The third-order valence-corrected chi connectivity index (χ3v) is 3.41. The summed E-state index contributed by atoms with van der Waals surface area (Å²) in [7, 11) is -0.822. The lowest BCUT2D eigenvalue weighted by atomic mass is 9.95. The molecular formula is C12H23N5OS. The molecule has 1 unspecified atom stereocenters. The van der Waals surface area contributed by atoms with Crippen molar-refractivity contribution >= 4 is 22.4 Å². The van der Waals surface area contributed by atoms with Crippen molar-refractivity contribution in [3.63, 3.8) is 0 Å². The molecule has 0 saturated carbocycles. The van der Waals surface area contributed by atoms with Crippen LogP contribution in [0.4, 0.5) is 11.6 Å². The Morgan fingerprint density at radius 3 is 2.32 bits per heavy atom. The lowest BCUT2D eigenvalue weighted by Crippen LogP contribution is -2.22. The van der Waals surface area contributed by atoms with Gasteiger partial charge in [0.1, 0.15) is 17.5 Å². The largest absolute Gasteiger partial charge is 0.369 e. The fourth-order valence-electron chi connectivity index (χ4n) is 1.48. The standard InChI is InChI=1S/C12H23N5OS/c1-8-9(14-6-7-19(5)18)15-11(12(2,3)4)16-10(8)17-13/h6-7,13H2,1-5H3,(H2,14,15,16,17). The van der Waals surface area contributed by atoms with Gasteiger partial charge >= 0.3 is 0 Å². The van der Waals surface area contributed by atoms with Gasteiger partial charge < -0.3 is 10.7 Å². The van der Waals surface area contributed by atoms with Gasteiger partial charge in [0.05, 0.1) is 0 Å². The van der Waals surface area contributed by atoms with Crippen LogP contribution >= 0.6 is 0 Å². The van der Waals surface area contributed by atoms with Crippen molar-refractivity contribution in [2.24, 2.45) is 5.84 Å². The van der Waals surface area contributed by atoms with E-state index in [-0.39, 0.29) is 5.41 Å². The van der Waals surface area contributed by atoms with E-state index in [0.717, 1.165) is 11.4 Å². The van der Waals surface area contributed by atoms with Crippen LogP contribution in [0.1, 0.15) is 32.2 Å². The van der Waals surface area contributed by atoms with Crippen molar-refractivity contribution in [3.05, 3.63) is 11.4 Å². The molecule has 0 fully saturated rings. The van der Waals surface area contributed by atoms with Crippen LogP contribution in [-0.2, 0) is 16.2 Å². The van der Waals surface area contributed by atoms with Crippen molar-refractivity contribution in [2.45, 2.75) is 33.1 Å². The first-order valence-corrected chi connectivity index (χ1v) is 7.88. The lowest BCUT2D eigenvalue weighted by Gasteiger charge is -2.20. The monoisotopic (exact) mass is 285 g/mol. The molecule has 7 heteroatoms. The second-order valence-electron chi connectivity index (χ2n) is 5.47. The Hall–Kier alpha value is -1.21. The number of hydrogen-bond donors (Lipinski definition) is 3. The molecule has 0 bridgehead atoms. The summed E-state index contributed by atoms with van der Waals surface area (Å²) in [5.41, 5.74) is 3.29. The maximum Gasteiger partial charge on any atom is 0.148 e. The number of aromatic nitrogens is 2. The van der Waals surface area contributed by atoms with Crippen LogP contribution < -0.4 is 16.6 Å². The third-order valence-electron chi connectivity index (χ3n) is 2.64. The van der Waals surface area contributed by atoms with Gasteiger partial charge in [-0.3, -0.25) is 4.21 Å². The Bertz CT molecular complexity index is 470. The highest BCUT2D eigenvalue weighted by Gasteiger charge is 2.20. The summed E-state index contributed by atoms with van der Waals surface area (Å²) in [6, 6.07) is 0. The summed E-state index contributed by atoms with van der Waals surface area (Å²) in [6.07, 6.45) is 1.68. The van der Waals surface area contributed by atoms with Crippen molar-refractivity contribution < 1.29 is 4.21 Å². The van der Waals surface area contributed by atoms with E-state index in [2.05, 4.69) is 20.7 Å². The number of nitrogens with two attached hydrogens (primary N) is 1. The van der Waals surface area contributed by atoms with Gasteiger partial charge in [0, 0.05) is 40.3 Å². The normalized spacial score (nSPS) is 13.2. The van der Waals surface area contributed by atoms with E-state index in [9.17, 15) is 4.21 Å². The van der Waals surface area contributed by atoms with Crippen LogP contribution in [0.2, 0.25) is 0 Å². The van der Waals surface area contributed by atoms with E-state index < -0.39 is 10.8 Å². The van der Waals surface area contributed by atoms with Gasteiger partial charge in [0.2, 0.25) is 0 Å². The molecule has 0 amide bonds. The van der Waals surface area contributed by atoms with Crippen molar-refractivity contribution in [1.29, 1.82) is 0 Å². The Kier molecular flexibility index (Phi) is 5.25. The molecule has 0 aliphatic rings. The molecule has 0 aliphatic heterocycles. The SMILES string of the molecule is Cc1c(NN)nc(C(C)(C)C)nc1NCCS(C)=O. The van der Waals surface area contributed by atoms with E-state index in [4.69, 9.17) is 5.84 Å². The van der Waals surface area contributed by atoms with E-state index >= 15 is 0 Å². The summed E-state index contributed by atoms with van der Waals surface area (Å²) in [5, 5.41) is 3.19. The lowest BCUT2D eigenvalue weighted by molar-refractivity contribution is 0.546. The molecule has 1 atom stereocenters. The summed E-state index contributed by atoms with van der Waals surface area (Å²) >= 11 is 0. The molecule has 0 aromatic carbocycles. The third kappa shape index (κ3) is 4.43. The van der Waals surface area contributed by atoms with E-state index in [1.165, 1.54) is 0 Å². The maximum atomic E-state index is 11.1. The first-order chi connectivity index (χ1) is 8.75.